The smallest absolute Gasteiger partial charge is 0.338 e. The van der Waals surface area contributed by atoms with E-state index in [9.17, 15) is 40.2 Å². The average Bonchev–Trinajstić information content (AvgIpc) is 2.83. The molecule has 1 saturated heterocycles. The van der Waals surface area contributed by atoms with Crippen LogP contribution in [0.25, 0.3) is 4.85 Å². The highest BCUT2D eigenvalue weighted by molar-refractivity contribution is 6.02. The topological polar surface area (TPSA) is 178 Å². The maximum Gasteiger partial charge on any atom is 0.338 e. The number of esters is 1. The van der Waals surface area contributed by atoms with E-state index < -0.39 is 75.4 Å². The van der Waals surface area contributed by atoms with Gasteiger partial charge in [-0.1, -0.05) is 13.8 Å². The van der Waals surface area contributed by atoms with Gasteiger partial charge in [-0.15, -0.1) is 0 Å². The fraction of sp³-hybridized carbons (Fsp3) is 0.346. The molecule has 0 aromatic heterocycles. The molecule has 6 N–H and O–H groups in total. The van der Waals surface area contributed by atoms with Crippen LogP contribution in [0.2, 0.25) is 0 Å². The van der Waals surface area contributed by atoms with E-state index in [1.807, 2.05) is 0 Å². The highest BCUT2D eigenvalue weighted by Gasteiger charge is 2.57. The third kappa shape index (κ3) is 4.15. The maximum absolute atomic E-state index is 13.0. The Morgan fingerprint density at radius 3 is 2.00 bits per heavy atom. The van der Waals surface area contributed by atoms with E-state index in [4.69, 9.17) is 16.0 Å². The summed E-state index contributed by atoms with van der Waals surface area (Å²) < 4.78 is 12.0. The van der Waals surface area contributed by atoms with Crippen molar-refractivity contribution in [1.29, 1.82) is 0 Å². The highest BCUT2D eigenvalue weighted by Crippen LogP contribution is 2.55. The minimum atomic E-state index is -1.19. The lowest BCUT2D eigenvalue weighted by Crippen LogP contribution is -2.57. The minimum absolute atomic E-state index is 0.0475. The molecule has 2 unspecified atom stereocenters. The molecule has 2 aromatic carbocycles. The molecule has 1 fully saturated rings. The van der Waals surface area contributed by atoms with Crippen LogP contribution in [0.15, 0.2) is 36.0 Å². The Morgan fingerprint density at radius 2 is 1.49 bits per heavy atom. The summed E-state index contributed by atoms with van der Waals surface area (Å²) in [6.45, 7) is 12.4. The van der Waals surface area contributed by atoms with Gasteiger partial charge >= 0.3 is 5.97 Å². The van der Waals surface area contributed by atoms with E-state index in [1.165, 1.54) is 6.08 Å². The number of ketones is 1. The van der Waals surface area contributed by atoms with Crippen LogP contribution in [-0.2, 0) is 14.3 Å². The quantitative estimate of drug-likeness (QED) is 0.203. The fourth-order valence-electron chi connectivity index (χ4n) is 5.19. The Balaban J connectivity index is 1.80. The number of rotatable bonds is 3. The summed E-state index contributed by atoms with van der Waals surface area (Å²) in [6, 6.07) is 4.05. The number of ether oxygens (including phenoxy) is 2. The zero-order chi connectivity index (χ0) is 27.4. The molecule has 0 radical (unpaired) electrons. The number of hydrogen-bond donors (Lipinski definition) is 6. The molecule has 194 valence electrons. The number of aromatic hydroxyl groups is 6. The molecule has 2 aliphatic rings. The second-order valence-electron chi connectivity index (χ2n) is 9.92. The molecule has 11 heteroatoms. The molecule has 1 aliphatic carbocycles. The first-order valence-corrected chi connectivity index (χ1v) is 11.2. The number of phenols is 6. The molecule has 1 heterocycles. The number of allylic oxidation sites excluding steroid dienone is 1. The maximum atomic E-state index is 13.0. The number of carbonyl (C=O) groups excluding carboxylic acids is 2. The predicted octanol–water partition coefficient (Wildman–Crippen LogP) is 3.39. The van der Waals surface area contributed by atoms with Crippen LogP contribution in [0.4, 0.5) is 0 Å². The molecule has 0 spiro atoms. The molecule has 4 rings (SSSR count). The summed E-state index contributed by atoms with van der Waals surface area (Å²) in [6.07, 6.45) is -0.804. The van der Waals surface area contributed by atoms with Crippen molar-refractivity contribution in [3.63, 3.8) is 0 Å². The zero-order valence-electron chi connectivity index (χ0n) is 20.1. The fourth-order valence-corrected chi connectivity index (χ4v) is 5.19. The van der Waals surface area contributed by atoms with Gasteiger partial charge in [-0.05, 0) is 49.2 Å². The van der Waals surface area contributed by atoms with Crippen LogP contribution in [0.5, 0.6) is 34.5 Å². The lowest BCUT2D eigenvalue weighted by atomic mass is 9.60. The monoisotopic (exact) mass is 511 g/mol. The standard InChI is InChI=1S/C26H25NO10/c1-25(2)19-9-18(36-24(35)12-7-16(30)21(33)17(31)8-12)22(11-5-14(28)20(32)15(29)6-11)37-26(19,3)10-13(27-4)23(25)34/h5-8,10,18-19,22,28-33H,9H2,1-3H3/t18-,19?,22-,26?/m1/s1. The predicted molar refractivity (Wildman–Crippen MR) is 126 cm³/mol. The summed E-state index contributed by atoms with van der Waals surface area (Å²) in [5, 5.41) is 59.1. The first-order chi connectivity index (χ1) is 17.2. The summed E-state index contributed by atoms with van der Waals surface area (Å²) in [5.74, 6) is -6.35. The number of Topliss-reactive ketones (excluding diaryl/α,β-unsaturated/α-hetero) is 1. The van der Waals surface area contributed by atoms with Crippen molar-refractivity contribution < 1.29 is 49.7 Å². The molecular formula is C26H25NO10. The molecule has 0 amide bonds. The number of phenolic OH excluding ortho intramolecular Hbond substituents is 6. The number of hydrogen-bond acceptors (Lipinski definition) is 10. The molecule has 0 bridgehead atoms. The largest absolute Gasteiger partial charge is 0.504 e. The first kappa shape index (κ1) is 25.7. The van der Waals surface area contributed by atoms with E-state index >= 15 is 0 Å². The summed E-state index contributed by atoms with van der Waals surface area (Å²) >= 11 is 0. The third-order valence-electron chi connectivity index (χ3n) is 7.10. The molecule has 0 saturated carbocycles. The second kappa shape index (κ2) is 8.60. The molecule has 4 atom stereocenters. The average molecular weight is 511 g/mol. The molecule has 1 aliphatic heterocycles. The van der Waals surface area contributed by atoms with Crippen molar-refractivity contribution in [2.75, 3.05) is 0 Å². The summed E-state index contributed by atoms with van der Waals surface area (Å²) in [4.78, 5) is 29.4. The van der Waals surface area contributed by atoms with E-state index in [0.29, 0.717) is 0 Å². The molecule has 11 nitrogen and oxygen atoms in total. The Bertz CT molecular complexity index is 1340. The SMILES string of the molecule is [C-]#[N+]C1=CC2(C)O[C@H](c3cc(O)c(O)c(O)c3)[C@H](OC(=O)c3cc(O)c(O)c(O)c3)CC2C(C)(C)C1=O. The number of benzene rings is 2. The van der Waals surface area contributed by atoms with Gasteiger partial charge < -0.3 is 44.9 Å². The number of nitrogens with zero attached hydrogens (tertiary/aromatic N) is 1. The van der Waals surface area contributed by atoms with Gasteiger partial charge in [0.15, 0.2) is 40.3 Å². The van der Waals surface area contributed by atoms with Crippen LogP contribution in [0.3, 0.4) is 0 Å². The summed E-state index contributed by atoms with van der Waals surface area (Å²) in [7, 11) is 0. The highest BCUT2D eigenvalue weighted by atomic mass is 16.6. The van der Waals surface area contributed by atoms with Gasteiger partial charge in [0.05, 0.1) is 17.7 Å². The van der Waals surface area contributed by atoms with Gasteiger partial charge in [-0.25, -0.2) is 9.64 Å². The zero-order valence-corrected chi connectivity index (χ0v) is 20.1. The number of carbonyl (C=O) groups is 2. The van der Waals surface area contributed by atoms with Crippen molar-refractivity contribution in [2.45, 2.75) is 45.0 Å². The van der Waals surface area contributed by atoms with Crippen molar-refractivity contribution in [2.24, 2.45) is 11.3 Å². The Morgan fingerprint density at radius 1 is 0.973 bits per heavy atom. The van der Waals surface area contributed by atoms with Crippen LogP contribution >= 0.6 is 0 Å². The van der Waals surface area contributed by atoms with Gasteiger partial charge in [-0.3, -0.25) is 0 Å². The van der Waals surface area contributed by atoms with Crippen molar-refractivity contribution in [3.8, 4) is 34.5 Å². The van der Waals surface area contributed by atoms with Gasteiger partial charge in [-0.2, -0.15) is 0 Å². The van der Waals surface area contributed by atoms with Crippen LogP contribution in [0.1, 0.15) is 49.2 Å². The minimum Gasteiger partial charge on any atom is -0.504 e. The second-order valence-corrected chi connectivity index (χ2v) is 9.92. The van der Waals surface area contributed by atoms with E-state index in [1.54, 1.807) is 20.8 Å². The first-order valence-electron chi connectivity index (χ1n) is 11.2. The van der Waals surface area contributed by atoms with Gasteiger partial charge in [0, 0.05) is 11.3 Å². The van der Waals surface area contributed by atoms with E-state index in [-0.39, 0.29) is 23.2 Å². The normalized spacial score (nSPS) is 26.5. The third-order valence-corrected chi connectivity index (χ3v) is 7.10. The Labute approximate surface area is 211 Å². The van der Waals surface area contributed by atoms with Gasteiger partial charge in [0.1, 0.15) is 12.2 Å². The molecular weight excluding hydrogens is 486 g/mol. The van der Waals surface area contributed by atoms with E-state index in [2.05, 4.69) is 4.85 Å². The van der Waals surface area contributed by atoms with Gasteiger partial charge in [0.25, 0.3) is 0 Å². The van der Waals surface area contributed by atoms with E-state index in [0.717, 1.165) is 24.3 Å². The Hall–Kier alpha value is -4.43. The summed E-state index contributed by atoms with van der Waals surface area (Å²) in [5.41, 5.74) is -2.54. The van der Waals surface area contributed by atoms with Crippen molar-refractivity contribution >= 4 is 11.8 Å². The van der Waals surface area contributed by atoms with Crippen LogP contribution in [0, 0.1) is 17.9 Å². The molecule has 2 aromatic rings. The van der Waals surface area contributed by atoms with Gasteiger partial charge in [0.2, 0.25) is 5.70 Å². The van der Waals surface area contributed by atoms with Crippen molar-refractivity contribution in [1.82, 2.24) is 0 Å². The van der Waals surface area contributed by atoms with Crippen molar-refractivity contribution in [3.05, 3.63) is 58.6 Å². The Kier molecular flexibility index (Phi) is 5.96. The molecule has 37 heavy (non-hydrogen) atoms. The van der Waals surface area contributed by atoms with Crippen LogP contribution < -0.4 is 0 Å². The lowest BCUT2D eigenvalue weighted by molar-refractivity contribution is -0.204. The lowest BCUT2D eigenvalue weighted by Gasteiger charge is -2.54. The van der Waals surface area contributed by atoms with Crippen LogP contribution in [-0.4, -0.2) is 54.1 Å². The number of fused-ring (bicyclic) bond motifs is 1.